The molecular formula is C18H21ClFNO2. The third-order valence-electron chi connectivity index (χ3n) is 3.19. The second-order valence-electron chi connectivity index (χ2n) is 5.05. The van der Waals surface area contributed by atoms with Crippen molar-refractivity contribution in [3.05, 3.63) is 52.8 Å². The molecule has 0 aliphatic carbocycles. The number of rotatable bonds is 8. The van der Waals surface area contributed by atoms with Crippen LogP contribution in [0.4, 0.5) is 10.1 Å². The first-order chi connectivity index (χ1) is 11.1. The van der Waals surface area contributed by atoms with Crippen LogP contribution >= 0.6 is 11.6 Å². The summed E-state index contributed by atoms with van der Waals surface area (Å²) in [5.74, 6) is 1.06. The van der Waals surface area contributed by atoms with Crippen molar-refractivity contribution in [2.24, 2.45) is 0 Å². The average molecular weight is 338 g/mol. The number of halogens is 2. The Labute approximate surface area is 141 Å². The van der Waals surface area contributed by atoms with Crippen LogP contribution in [0.5, 0.6) is 11.5 Å². The third-order valence-corrected chi connectivity index (χ3v) is 3.48. The first kappa shape index (κ1) is 17.4. The lowest BCUT2D eigenvalue weighted by atomic mass is 10.2. The summed E-state index contributed by atoms with van der Waals surface area (Å²) in [6.45, 7) is 5.82. The van der Waals surface area contributed by atoms with Crippen molar-refractivity contribution in [3.8, 4) is 11.5 Å². The predicted octanol–water partition coefficient (Wildman–Crippen LogP) is 5.28. The van der Waals surface area contributed by atoms with Crippen molar-refractivity contribution < 1.29 is 13.9 Å². The molecular weight excluding hydrogens is 317 g/mol. The molecule has 0 aliphatic heterocycles. The number of ether oxygens (including phenoxy) is 2. The van der Waals surface area contributed by atoms with E-state index in [2.05, 4.69) is 12.2 Å². The van der Waals surface area contributed by atoms with Crippen molar-refractivity contribution in [1.82, 2.24) is 0 Å². The van der Waals surface area contributed by atoms with Gasteiger partial charge in [-0.1, -0.05) is 24.6 Å². The highest BCUT2D eigenvalue weighted by molar-refractivity contribution is 6.31. The second-order valence-corrected chi connectivity index (χ2v) is 5.45. The highest BCUT2D eigenvalue weighted by Gasteiger charge is 2.07. The fourth-order valence-electron chi connectivity index (χ4n) is 2.07. The van der Waals surface area contributed by atoms with Crippen LogP contribution in [0.25, 0.3) is 0 Å². The van der Waals surface area contributed by atoms with Gasteiger partial charge in [-0.2, -0.15) is 0 Å². The molecule has 0 unspecified atom stereocenters. The first-order valence-corrected chi connectivity index (χ1v) is 8.09. The minimum Gasteiger partial charge on any atom is -0.490 e. The molecule has 124 valence electrons. The lowest BCUT2D eigenvalue weighted by molar-refractivity contribution is 0.276. The summed E-state index contributed by atoms with van der Waals surface area (Å²) in [5.41, 5.74) is 1.80. The topological polar surface area (TPSA) is 30.5 Å². The minimum atomic E-state index is -0.423. The molecule has 0 heterocycles. The van der Waals surface area contributed by atoms with Gasteiger partial charge in [0, 0.05) is 12.2 Å². The number of benzene rings is 2. The van der Waals surface area contributed by atoms with Crippen molar-refractivity contribution in [3.63, 3.8) is 0 Å². The van der Waals surface area contributed by atoms with E-state index in [-0.39, 0.29) is 5.02 Å². The van der Waals surface area contributed by atoms with Gasteiger partial charge in [-0.15, -0.1) is 0 Å². The van der Waals surface area contributed by atoms with Crippen LogP contribution in [0.2, 0.25) is 5.02 Å². The monoisotopic (exact) mass is 337 g/mol. The van der Waals surface area contributed by atoms with Gasteiger partial charge in [0.25, 0.3) is 0 Å². The van der Waals surface area contributed by atoms with E-state index in [0.29, 0.717) is 19.8 Å². The number of hydrogen-bond donors (Lipinski definition) is 1. The van der Waals surface area contributed by atoms with Gasteiger partial charge in [-0.05, 0) is 49.2 Å². The molecule has 2 aromatic carbocycles. The van der Waals surface area contributed by atoms with Crippen LogP contribution in [0.15, 0.2) is 36.4 Å². The van der Waals surface area contributed by atoms with Gasteiger partial charge in [-0.25, -0.2) is 4.39 Å². The van der Waals surface area contributed by atoms with E-state index in [1.165, 1.54) is 6.07 Å². The smallest absolute Gasteiger partial charge is 0.161 e. The molecule has 0 atom stereocenters. The van der Waals surface area contributed by atoms with Gasteiger partial charge < -0.3 is 14.8 Å². The molecule has 2 rings (SSSR count). The van der Waals surface area contributed by atoms with Crippen LogP contribution in [-0.4, -0.2) is 13.2 Å². The summed E-state index contributed by atoms with van der Waals surface area (Å²) in [4.78, 5) is 0. The zero-order valence-electron chi connectivity index (χ0n) is 13.4. The zero-order chi connectivity index (χ0) is 16.7. The normalized spacial score (nSPS) is 10.4. The molecule has 0 aromatic heterocycles. The molecule has 0 radical (unpaired) electrons. The summed E-state index contributed by atoms with van der Waals surface area (Å²) >= 11 is 5.78. The van der Waals surface area contributed by atoms with Crippen LogP contribution in [0.1, 0.15) is 25.8 Å². The van der Waals surface area contributed by atoms with Gasteiger partial charge in [0.05, 0.1) is 18.2 Å². The first-order valence-electron chi connectivity index (χ1n) is 7.71. The Bertz CT molecular complexity index is 649. The predicted molar refractivity (Wildman–Crippen MR) is 92.1 cm³/mol. The van der Waals surface area contributed by atoms with E-state index in [9.17, 15) is 4.39 Å². The average Bonchev–Trinajstić information content (AvgIpc) is 2.55. The highest BCUT2D eigenvalue weighted by atomic mass is 35.5. The molecule has 3 nitrogen and oxygen atoms in total. The Balaban J connectivity index is 2.06. The summed E-state index contributed by atoms with van der Waals surface area (Å²) in [5, 5.41) is 3.32. The summed E-state index contributed by atoms with van der Waals surface area (Å²) in [6, 6.07) is 10.4. The van der Waals surface area contributed by atoms with Gasteiger partial charge in [0.1, 0.15) is 5.82 Å². The summed E-state index contributed by atoms with van der Waals surface area (Å²) in [7, 11) is 0. The molecule has 0 fully saturated rings. The molecule has 0 bridgehead atoms. The van der Waals surface area contributed by atoms with Crippen molar-refractivity contribution in [2.45, 2.75) is 26.8 Å². The zero-order valence-corrected chi connectivity index (χ0v) is 14.1. The van der Waals surface area contributed by atoms with E-state index < -0.39 is 5.82 Å². The minimum absolute atomic E-state index is 0.105. The largest absolute Gasteiger partial charge is 0.490 e. The van der Waals surface area contributed by atoms with Crippen molar-refractivity contribution >= 4 is 17.3 Å². The maximum Gasteiger partial charge on any atom is 0.161 e. The van der Waals surface area contributed by atoms with Crippen molar-refractivity contribution in [1.29, 1.82) is 0 Å². The Hall–Kier alpha value is -1.94. The SMILES string of the molecule is CCCOc1ccc(CNc2ccc(F)c(Cl)c2)cc1OCC. The highest BCUT2D eigenvalue weighted by Crippen LogP contribution is 2.29. The van der Waals surface area contributed by atoms with Crippen LogP contribution in [0.3, 0.4) is 0 Å². The molecule has 0 amide bonds. The molecule has 23 heavy (non-hydrogen) atoms. The molecule has 0 aliphatic rings. The van der Waals surface area contributed by atoms with Gasteiger partial charge in [0.15, 0.2) is 11.5 Å². The van der Waals surface area contributed by atoms with Crippen LogP contribution in [0, 0.1) is 5.82 Å². The lowest BCUT2D eigenvalue weighted by Gasteiger charge is -2.14. The van der Waals surface area contributed by atoms with E-state index in [1.807, 2.05) is 25.1 Å². The van der Waals surface area contributed by atoms with Gasteiger partial charge in [0.2, 0.25) is 0 Å². The Morgan fingerprint density at radius 2 is 1.87 bits per heavy atom. The number of hydrogen-bond acceptors (Lipinski definition) is 3. The molecule has 0 saturated carbocycles. The molecule has 1 N–H and O–H groups in total. The Morgan fingerprint density at radius 3 is 2.57 bits per heavy atom. The van der Waals surface area contributed by atoms with Crippen molar-refractivity contribution in [2.75, 3.05) is 18.5 Å². The van der Waals surface area contributed by atoms with E-state index >= 15 is 0 Å². The molecule has 5 heteroatoms. The fraction of sp³-hybridized carbons (Fsp3) is 0.333. The van der Waals surface area contributed by atoms with Crippen LogP contribution in [-0.2, 0) is 6.54 Å². The Kier molecular flexibility index (Phi) is 6.53. The second kappa shape index (κ2) is 8.63. The Morgan fingerprint density at radius 1 is 1.04 bits per heavy atom. The maximum atomic E-state index is 13.2. The summed E-state index contributed by atoms with van der Waals surface area (Å²) in [6.07, 6.45) is 0.945. The van der Waals surface area contributed by atoms with Gasteiger partial charge >= 0.3 is 0 Å². The molecule has 2 aromatic rings. The maximum absolute atomic E-state index is 13.2. The van der Waals surface area contributed by atoms with Crippen LogP contribution < -0.4 is 14.8 Å². The number of anilines is 1. The van der Waals surface area contributed by atoms with Gasteiger partial charge in [-0.3, -0.25) is 0 Å². The fourth-order valence-corrected chi connectivity index (χ4v) is 2.25. The van der Waals surface area contributed by atoms with E-state index in [0.717, 1.165) is 29.2 Å². The van der Waals surface area contributed by atoms with E-state index in [4.69, 9.17) is 21.1 Å². The molecule has 0 spiro atoms. The molecule has 0 saturated heterocycles. The number of nitrogens with one attached hydrogen (secondary N) is 1. The quantitative estimate of drug-likeness (QED) is 0.711. The standard InChI is InChI=1S/C18H21ClFNO2/c1-3-9-23-17-8-5-13(10-18(17)22-4-2)12-21-14-6-7-16(20)15(19)11-14/h5-8,10-11,21H,3-4,9,12H2,1-2H3. The third kappa shape index (κ3) is 5.03. The summed E-state index contributed by atoms with van der Waals surface area (Å²) < 4.78 is 24.5. The lowest BCUT2D eigenvalue weighted by Crippen LogP contribution is -2.03. The van der Waals surface area contributed by atoms with E-state index in [1.54, 1.807) is 12.1 Å².